The van der Waals surface area contributed by atoms with Crippen LogP contribution in [0.25, 0.3) is 0 Å². The van der Waals surface area contributed by atoms with Gasteiger partial charge >= 0.3 is 0 Å². The molecule has 2 unspecified atom stereocenters. The second kappa shape index (κ2) is 6.27. The molecule has 1 aromatic carbocycles. The summed E-state index contributed by atoms with van der Waals surface area (Å²) in [7, 11) is 0. The highest BCUT2D eigenvalue weighted by atomic mass is 79.9. The second-order valence-electron chi connectivity index (χ2n) is 5.86. The van der Waals surface area contributed by atoms with Crippen LogP contribution in [0.5, 0.6) is 0 Å². The third kappa shape index (κ3) is 3.07. The minimum atomic E-state index is -0.000791. The monoisotopic (exact) mass is 339 g/mol. The molecule has 2 rings (SSSR count). The first-order valence-electron chi connectivity index (χ1n) is 7.06. The summed E-state index contributed by atoms with van der Waals surface area (Å²) >= 11 is 3.40. The molecule has 1 amide bonds. The van der Waals surface area contributed by atoms with Gasteiger partial charge in [-0.25, -0.2) is 0 Å². The highest BCUT2D eigenvalue weighted by Crippen LogP contribution is 2.42. The van der Waals surface area contributed by atoms with Crippen LogP contribution in [0, 0.1) is 5.41 Å². The van der Waals surface area contributed by atoms with E-state index < -0.39 is 0 Å². The largest absolute Gasteiger partial charge is 0.378 e. The highest BCUT2D eigenvalue weighted by molar-refractivity contribution is 9.08. The van der Waals surface area contributed by atoms with Crippen molar-refractivity contribution in [2.24, 2.45) is 5.41 Å². The molecule has 4 heteroatoms. The smallest absolute Gasteiger partial charge is 0.251 e. The Morgan fingerprint density at radius 3 is 2.55 bits per heavy atom. The van der Waals surface area contributed by atoms with Gasteiger partial charge < -0.3 is 10.1 Å². The van der Waals surface area contributed by atoms with Crippen molar-refractivity contribution in [3.8, 4) is 0 Å². The summed E-state index contributed by atoms with van der Waals surface area (Å²) in [5, 5.41) is 3.92. The Morgan fingerprint density at radius 2 is 2.05 bits per heavy atom. The predicted octanol–water partition coefficient (Wildman–Crippen LogP) is 3.51. The fraction of sp³-hybridized carbons (Fsp3) is 0.562. The van der Waals surface area contributed by atoms with Crippen LogP contribution in [-0.4, -0.2) is 24.7 Å². The molecule has 1 aliphatic rings. The average Bonchev–Trinajstić information content (AvgIpc) is 2.46. The normalized spacial score (nSPS) is 24.0. The lowest BCUT2D eigenvalue weighted by Crippen LogP contribution is -2.62. The van der Waals surface area contributed by atoms with Crippen LogP contribution in [0.15, 0.2) is 24.3 Å². The molecule has 20 heavy (non-hydrogen) atoms. The number of carbonyl (C=O) groups is 1. The number of rotatable bonds is 5. The molecule has 0 radical (unpaired) electrons. The number of hydrogen-bond acceptors (Lipinski definition) is 2. The Bertz CT molecular complexity index is 470. The summed E-state index contributed by atoms with van der Waals surface area (Å²) in [5.74, 6) is -0.000791. The lowest BCUT2D eigenvalue weighted by molar-refractivity contribution is -0.111. The van der Waals surface area contributed by atoms with E-state index in [-0.39, 0.29) is 23.5 Å². The van der Waals surface area contributed by atoms with Crippen molar-refractivity contribution < 1.29 is 9.53 Å². The number of alkyl halides is 1. The van der Waals surface area contributed by atoms with Gasteiger partial charge in [0.05, 0.1) is 6.10 Å². The molecular formula is C16H22BrNO2. The van der Waals surface area contributed by atoms with E-state index in [0.29, 0.717) is 5.56 Å². The quantitative estimate of drug-likeness (QED) is 0.833. The van der Waals surface area contributed by atoms with Gasteiger partial charge in [0.15, 0.2) is 0 Å². The summed E-state index contributed by atoms with van der Waals surface area (Å²) in [4.78, 5) is 12.2. The zero-order chi connectivity index (χ0) is 14.8. The van der Waals surface area contributed by atoms with Gasteiger partial charge in [0, 0.05) is 29.0 Å². The number of amides is 1. The van der Waals surface area contributed by atoms with Crippen molar-refractivity contribution in [2.75, 3.05) is 6.61 Å². The van der Waals surface area contributed by atoms with Crippen LogP contribution in [-0.2, 0) is 10.1 Å². The summed E-state index contributed by atoms with van der Waals surface area (Å²) in [6.45, 7) is 7.03. The molecule has 0 spiro atoms. The van der Waals surface area contributed by atoms with Gasteiger partial charge in [-0.1, -0.05) is 41.9 Å². The van der Waals surface area contributed by atoms with Crippen molar-refractivity contribution in [3.05, 3.63) is 35.4 Å². The second-order valence-corrected chi connectivity index (χ2v) is 6.42. The Labute approximate surface area is 129 Å². The summed E-state index contributed by atoms with van der Waals surface area (Å²) in [6, 6.07) is 7.87. The van der Waals surface area contributed by atoms with Crippen molar-refractivity contribution in [3.63, 3.8) is 0 Å². The molecule has 1 saturated carbocycles. The molecule has 110 valence electrons. The van der Waals surface area contributed by atoms with Crippen molar-refractivity contribution in [2.45, 2.75) is 44.7 Å². The van der Waals surface area contributed by atoms with Crippen LogP contribution in [0.1, 0.15) is 43.1 Å². The maximum atomic E-state index is 12.2. The Kier molecular flexibility index (Phi) is 4.86. The standard InChI is InChI=1S/C16H22BrNO2/c1-4-20-14-9-13(16(14,2)3)18-15(19)12-7-5-11(10-17)6-8-12/h5-8,13-14H,4,9-10H2,1-3H3,(H,18,19). The average molecular weight is 340 g/mol. The minimum Gasteiger partial charge on any atom is -0.378 e. The zero-order valence-electron chi connectivity index (χ0n) is 12.3. The van der Waals surface area contributed by atoms with E-state index in [1.165, 1.54) is 5.56 Å². The predicted molar refractivity (Wildman–Crippen MR) is 84.1 cm³/mol. The maximum absolute atomic E-state index is 12.2. The molecule has 0 bridgehead atoms. The molecule has 3 nitrogen and oxygen atoms in total. The van der Waals surface area contributed by atoms with Crippen LogP contribution in [0.2, 0.25) is 0 Å². The van der Waals surface area contributed by atoms with E-state index in [9.17, 15) is 4.79 Å². The molecule has 1 N–H and O–H groups in total. The summed E-state index contributed by atoms with van der Waals surface area (Å²) < 4.78 is 5.68. The van der Waals surface area contributed by atoms with Gasteiger partial charge in [0.25, 0.3) is 5.91 Å². The SMILES string of the molecule is CCOC1CC(NC(=O)c2ccc(CBr)cc2)C1(C)C. The first kappa shape index (κ1) is 15.5. The fourth-order valence-electron chi connectivity index (χ4n) is 2.60. The van der Waals surface area contributed by atoms with Gasteiger partial charge in [-0.15, -0.1) is 0 Å². The maximum Gasteiger partial charge on any atom is 0.251 e. The lowest BCUT2D eigenvalue weighted by Gasteiger charge is -2.51. The van der Waals surface area contributed by atoms with Crippen LogP contribution in [0.3, 0.4) is 0 Å². The molecular weight excluding hydrogens is 318 g/mol. The third-order valence-corrected chi connectivity index (χ3v) is 4.87. The molecule has 0 aliphatic heterocycles. The fourth-order valence-corrected chi connectivity index (χ4v) is 2.98. The summed E-state index contributed by atoms with van der Waals surface area (Å²) in [5.41, 5.74) is 1.88. The van der Waals surface area contributed by atoms with Crippen LogP contribution >= 0.6 is 15.9 Å². The van der Waals surface area contributed by atoms with E-state index in [0.717, 1.165) is 18.4 Å². The first-order chi connectivity index (χ1) is 9.48. The molecule has 2 atom stereocenters. The number of carbonyl (C=O) groups excluding carboxylic acids is 1. The van der Waals surface area contributed by atoms with E-state index in [2.05, 4.69) is 35.1 Å². The molecule has 1 aliphatic carbocycles. The van der Waals surface area contributed by atoms with E-state index in [1.807, 2.05) is 31.2 Å². The number of hydrogen-bond donors (Lipinski definition) is 1. The zero-order valence-corrected chi connectivity index (χ0v) is 13.9. The highest BCUT2D eigenvalue weighted by Gasteiger charge is 2.49. The van der Waals surface area contributed by atoms with E-state index in [4.69, 9.17) is 4.74 Å². The van der Waals surface area contributed by atoms with E-state index in [1.54, 1.807) is 0 Å². The van der Waals surface area contributed by atoms with Gasteiger partial charge in [-0.3, -0.25) is 4.79 Å². The Hall–Kier alpha value is -0.870. The Balaban J connectivity index is 1.95. The molecule has 1 aromatic rings. The van der Waals surface area contributed by atoms with Crippen molar-refractivity contribution in [1.29, 1.82) is 0 Å². The molecule has 0 saturated heterocycles. The van der Waals surface area contributed by atoms with Gasteiger partial charge in [-0.05, 0) is 31.0 Å². The topological polar surface area (TPSA) is 38.3 Å². The molecule has 0 aromatic heterocycles. The third-order valence-electron chi connectivity index (χ3n) is 4.22. The lowest BCUT2D eigenvalue weighted by atomic mass is 9.64. The van der Waals surface area contributed by atoms with Crippen molar-refractivity contribution in [1.82, 2.24) is 5.32 Å². The minimum absolute atomic E-state index is 0.000791. The van der Waals surface area contributed by atoms with Gasteiger partial charge in [0.2, 0.25) is 0 Å². The number of ether oxygens (including phenoxy) is 1. The van der Waals surface area contributed by atoms with Crippen LogP contribution < -0.4 is 5.32 Å². The first-order valence-corrected chi connectivity index (χ1v) is 8.18. The molecule has 1 fully saturated rings. The number of nitrogens with one attached hydrogen (secondary N) is 1. The van der Waals surface area contributed by atoms with Crippen molar-refractivity contribution >= 4 is 21.8 Å². The number of halogens is 1. The van der Waals surface area contributed by atoms with Gasteiger partial charge in [-0.2, -0.15) is 0 Å². The summed E-state index contributed by atoms with van der Waals surface area (Å²) in [6.07, 6.45) is 1.14. The van der Waals surface area contributed by atoms with Gasteiger partial charge in [0.1, 0.15) is 0 Å². The number of benzene rings is 1. The van der Waals surface area contributed by atoms with E-state index >= 15 is 0 Å². The van der Waals surface area contributed by atoms with Crippen LogP contribution in [0.4, 0.5) is 0 Å². The molecule has 0 heterocycles. The Morgan fingerprint density at radius 1 is 1.40 bits per heavy atom.